The summed E-state index contributed by atoms with van der Waals surface area (Å²) in [5, 5.41) is 13.8. The van der Waals surface area contributed by atoms with Crippen LogP contribution in [0, 0.1) is 0 Å². The Morgan fingerprint density at radius 1 is 1.42 bits per heavy atom. The Kier molecular flexibility index (Phi) is 8.74. The van der Waals surface area contributed by atoms with E-state index < -0.39 is 0 Å². The van der Waals surface area contributed by atoms with Gasteiger partial charge in [-0.25, -0.2) is 9.67 Å². The van der Waals surface area contributed by atoms with Crippen molar-refractivity contribution in [3.63, 3.8) is 0 Å². The fourth-order valence-electron chi connectivity index (χ4n) is 2.68. The van der Waals surface area contributed by atoms with Crippen LogP contribution in [0.4, 0.5) is 0 Å². The third-order valence-electron chi connectivity index (χ3n) is 3.67. The maximum atomic E-state index is 11.9. The summed E-state index contributed by atoms with van der Waals surface area (Å²) in [6, 6.07) is 0.182. The number of ether oxygens (including phenoxy) is 1. The molecule has 26 heavy (non-hydrogen) atoms. The van der Waals surface area contributed by atoms with Crippen molar-refractivity contribution in [3.05, 3.63) is 11.6 Å². The van der Waals surface area contributed by atoms with E-state index in [0.717, 1.165) is 18.7 Å². The third kappa shape index (κ3) is 7.06. The molecule has 1 aliphatic rings. The second kappa shape index (κ2) is 10.0. The Bertz CT molecular complexity index is 625. The highest BCUT2D eigenvalue weighted by molar-refractivity contribution is 14.0. The van der Waals surface area contributed by atoms with Crippen molar-refractivity contribution in [2.24, 2.45) is 4.99 Å². The molecule has 2 heterocycles. The first-order chi connectivity index (χ1) is 11.8. The van der Waals surface area contributed by atoms with Crippen molar-refractivity contribution in [1.82, 2.24) is 30.7 Å². The number of hydrogen-bond acceptors (Lipinski definition) is 5. The second-order valence-electron chi connectivity index (χ2n) is 7.16. The molecule has 0 saturated carbocycles. The summed E-state index contributed by atoms with van der Waals surface area (Å²) in [6.07, 6.45) is 1.77. The maximum Gasteiger partial charge on any atom is 0.239 e. The number of hydrogen-bond donors (Lipinski definition) is 3. The third-order valence-corrected chi connectivity index (χ3v) is 3.67. The molecule has 10 heteroatoms. The number of carbonyl (C=O) groups is 1. The van der Waals surface area contributed by atoms with Crippen LogP contribution < -0.4 is 16.0 Å². The fourth-order valence-corrected chi connectivity index (χ4v) is 2.68. The summed E-state index contributed by atoms with van der Waals surface area (Å²) in [5.74, 6) is 2.23. The SMILES string of the molecule is CN=C(NCC(=O)NC(C)(C)C)NC1CCc2nc(COC)nn2C1.I. The molecular weight excluding hydrogens is 449 g/mol. The zero-order valence-corrected chi connectivity index (χ0v) is 18.5. The van der Waals surface area contributed by atoms with E-state index in [0.29, 0.717) is 24.9 Å². The van der Waals surface area contributed by atoms with Gasteiger partial charge in [0, 0.05) is 32.2 Å². The predicted molar refractivity (Wildman–Crippen MR) is 111 cm³/mol. The van der Waals surface area contributed by atoms with Crippen LogP contribution in [-0.2, 0) is 29.1 Å². The van der Waals surface area contributed by atoms with Crippen molar-refractivity contribution >= 4 is 35.8 Å². The Hall–Kier alpha value is -1.43. The van der Waals surface area contributed by atoms with Gasteiger partial charge in [-0.05, 0) is 27.2 Å². The van der Waals surface area contributed by atoms with Crippen LogP contribution in [0.1, 0.15) is 38.8 Å². The van der Waals surface area contributed by atoms with Gasteiger partial charge in [-0.15, -0.1) is 24.0 Å². The summed E-state index contributed by atoms with van der Waals surface area (Å²) in [7, 11) is 3.33. The first-order valence-electron chi connectivity index (χ1n) is 8.50. The van der Waals surface area contributed by atoms with E-state index in [1.165, 1.54) is 0 Å². The Balaban J connectivity index is 0.00000338. The van der Waals surface area contributed by atoms with Crippen LogP contribution in [0.5, 0.6) is 0 Å². The molecule has 0 aliphatic carbocycles. The van der Waals surface area contributed by atoms with Gasteiger partial charge in [0.15, 0.2) is 11.8 Å². The molecule has 0 bridgehead atoms. The number of carbonyl (C=O) groups excluding carboxylic acids is 1. The van der Waals surface area contributed by atoms with Crippen molar-refractivity contribution < 1.29 is 9.53 Å². The number of nitrogens with zero attached hydrogens (tertiary/aromatic N) is 4. The highest BCUT2D eigenvalue weighted by atomic mass is 127. The average Bonchev–Trinajstić information content (AvgIpc) is 2.91. The minimum Gasteiger partial charge on any atom is -0.377 e. The number of methoxy groups -OCH3 is 1. The van der Waals surface area contributed by atoms with Gasteiger partial charge in [-0.2, -0.15) is 5.10 Å². The molecule has 1 aliphatic heterocycles. The van der Waals surface area contributed by atoms with Gasteiger partial charge >= 0.3 is 0 Å². The van der Waals surface area contributed by atoms with Crippen molar-refractivity contribution in [2.45, 2.75) is 58.3 Å². The van der Waals surface area contributed by atoms with Gasteiger partial charge in [-0.1, -0.05) is 0 Å². The summed E-state index contributed by atoms with van der Waals surface area (Å²) in [6.45, 7) is 7.16. The summed E-state index contributed by atoms with van der Waals surface area (Å²) in [5.41, 5.74) is -0.248. The number of halogens is 1. The van der Waals surface area contributed by atoms with Crippen LogP contribution in [-0.4, -0.2) is 58.9 Å². The second-order valence-corrected chi connectivity index (χ2v) is 7.16. The largest absolute Gasteiger partial charge is 0.377 e. The summed E-state index contributed by atoms with van der Waals surface area (Å²) in [4.78, 5) is 20.6. The number of aliphatic imine (C=N–C) groups is 1. The number of nitrogens with one attached hydrogen (secondary N) is 3. The fraction of sp³-hybridized carbons (Fsp3) is 0.750. The molecule has 148 valence electrons. The number of aromatic nitrogens is 3. The van der Waals surface area contributed by atoms with E-state index in [2.05, 4.69) is 31.0 Å². The number of amides is 1. The minimum atomic E-state index is -0.248. The van der Waals surface area contributed by atoms with Gasteiger partial charge in [-0.3, -0.25) is 9.79 Å². The average molecular weight is 479 g/mol. The molecule has 1 aromatic heterocycles. The lowest BCUT2D eigenvalue weighted by atomic mass is 10.1. The molecule has 0 spiro atoms. The molecule has 0 radical (unpaired) electrons. The maximum absolute atomic E-state index is 11.9. The molecule has 1 amide bonds. The van der Waals surface area contributed by atoms with Crippen LogP contribution in [0.3, 0.4) is 0 Å². The molecular formula is C16H30IN7O2. The first-order valence-corrected chi connectivity index (χ1v) is 8.50. The Morgan fingerprint density at radius 2 is 2.15 bits per heavy atom. The van der Waals surface area contributed by atoms with E-state index >= 15 is 0 Å². The molecule has 3 N–H and O–H groups in total. The van der Waals surface area contributed by atoms with Crippen LogP contribution in [0.15, 0.2) is 4.99 Å². The quantitative estimate of drug-likeness (QED) is 0.322. The molecule has 0 saturated heterocycles. The zero-order chi connectivity index (χ0) is 18.4. The molecule has 0 fully saturated rings. The van der Waals surface area contributed by atoms with Gasteiger partial charge in [0.25, 0.3) is 0 Å². The molecule has 1 unspecified atom stereocenters. The van der Waals surface area contributed by atoms with E-state index in [4.69, 9.17) is 4.74 Å². The van der Waals surface area contributed by atoms with Gasteiger partial charge in [0.05, 0.1) is 13.1 Å². The van der Waals surface area contributed by atoms with E-state index in [9.17, 15) is 4.79 Å². The predicted octanol–water partition coefficient (Wildman–Crippen LogP) is 0.437. The highest BCUT2D eigenvalue weighted by Crippen LogP contribution is 2.13. The van der Waals surface area contributed by atoms with Gasteiger partial charge in [0.1, 0.15) is 12.4 Å². The molecule has 1 aromatic rings. The van der Waals surface area contributed by atoms with Crippen LogP contribution >= 0.6 is 24.0 Å². The number of guanidine groups is 1. The topological polar surface area (TPSA) is 105 Å². The van der Waals surface area contributed by atoms with E-state index in [1.807, 2.05) is 25.5 Å². The number of rotatable bonds is 5. The van der Waals surface area contributed by atoms with Crippen LogP contribution in [0.25, 0.3) is 0 Å². The highest BCUT2D eigenvalue weighted by Gasteiger charge is 2.22. The lowest BCUT2D eigenvalue weighted by molar-refractivity contribution is -0.121. The van der Waals surface area contributed by atoms with Crippen molar-refractivity contribution in [2.75, 3.05) is 20.7 Å². The Morgan fingerprint density at radius 3 is 2.77 bits per heavy atom. The zero-order valence-electron chi connectivity index (χ0n) is 16.1. The van der Waals surface area contributed by atoms with Gasteiger partial charge < -0.3 is 20.7 Å². The van der Waals surface area contributed by atoms with E-state index in [-0.39, 0.29) is 48.0 Å². The van der Waals surface area contributed by atoms with Crippen molar-refractivity contribution in [1.29, 1.82) is 0 Å². The molecule has 9 nitrogen and oxygen atoms in total. The van der Waals surface area contributed by atoms with E-state index in [1.54, 1.807) is 14.2 Å². The lowest BCUT2D eigenvalue weighted by Crippen LogP contribution is -2.51. The summed E-state index contributed by atoms with van der Waals surface area (Å²) >= 11 is 0. The summed E-state index contributed by atoms with van der Waals surface area (Å²) < 4.78 is 6.99. The monoisotopic (exact) mass is 479 g/mol. The molecule has 0 aromatic carbocycles. The molecule has 1 atom stereocenters. The van der Waals surface area contributed by atoms with Crippen molar-refractivity contribution in [3.8, 4) is 0 Å². The normalized spacial score (nSPS) is 17.1. The standard InChI is InChI=1S/C16H29N7O2.HI/c1-16(2,3)21-14(24)8-18-15(17-4)19-11-6-7-13-20-12(10-25-5)22-23(13)9-11;/h11H,6-10H2,1-5H3,(H,21,24)(H2,17,18,19);1H. The first kappa shape index (κ1) is 22.6. The number of aryl methyl sites for hydroxylation is 1. The Labute approximate surface area is 171 Å². The number of fused-ring (bicyclic) bond motifs is 1. The van der Waals surface area contributed by atoms with Crippen LogP contribution in [0.2, 0.25) is 0 Å². The molecule has 2 rings (SSSR count). The lowest BCUT2D eigenvalue weighted by Gasteiger charge is -2.26. The smallest absolute Gasteiger partial charge is 0.239 e. The minimum absolute atomic E-state index is 0. The van der Waals surface area contributed by atoms with Gasteiger partial charge in [0.2, 0.25) is 5.91 Å².